The summed E-state index contributed by atoms with van der Waals surface area (Å²) in [5.74, 6) is -5.47. The van der Waals surface area contributed by atoms with Gasteiger partial charge in [-0.1, -0.05) is 92.1 Å². The van der Waals surface area contributed by atoms with Gasteiger partial charge in [0.15, 0.2) is 0 Å². The third-order valence-electron chi connectivity index (χ3n) is 12.7. The molecule has 2 saturated heterocycles. The number of hydrogen-bond acceptors (Lipinski definition) is 11. The first-order chi connectivity index (χ1) is 30.5. The lowest BCUT2D eigenvalue weighted by atomic mass is 9.87. The number of rotatable bonds is 21. The van der Waals surface area contributed by atoms with Gasteiger partial charge in [0.05, 0.1) is 49.3 Å². The Morgan fingerprint density at radius 3 is 1.97 bits per heavy atom. The fraction of sp³-hybridized carbons (Fsp3) is 0.739. The van der Waals surface area contributed by atoms with Gasteiger partial charge in [-0.15, -0.1) is 0 Å². The lowest BCUT2D eigenvalue weighted by Gasteiger charge is -2.43. The normalized spacial score (nSPS) is 19.8. The predicted octanol–water partition coefficient (Wildman–Crippen LogP) is 4.77. The number of likely N-dealkylation sites (N-methyl/N-ethyl adjacent to an activating group) is 2. The van der Waals surface area contributed by atoms with Crippen LogP contribution in [0.1, 0.15) is 105 Å². The van der Waals surface area contributed by atoms with Gasteiger partial charge in [0.1, 0.15) is 6.04 Å². The molecular weight excluding hydrogens is 854 g/mol. The minimum Gasteiger partial charge on any atom is -0.475 e. The molecule has 4 N–H and O–H groups in total. The molecule has 0 bridgehead atoms. The van der Waals surface area contributed by atoms with Crippen molar-refractivity contribution in [3.63, 3.8) is 0 Å². The highest BCUT2D eigenvalue weighted by Crippen LogP contribution is 2.31. The number of carbonyl (C=O) groups excluding carboxylic acids is 5. The molecule has 3 rings (SSSR count). The summed E-state index contributed by atoms with van der Waals surface area (Å²) in [6, 6.07) is 6.83. The van der Waals surface area contributed by atoms with Crippen molar-refractivity contribution in [2.75, 3.05) is 48.0 Å². The summed E-state index contributed by atoms with van der Waals surface area (Å²) in [6.07, 6.45) is -2.42. The molecule has 2 fully saturated rings. The molecule has 0 unspecified atom stereocenters. The summed E-state index contributed by atoms with van der Waals surface area (Å²) >= 11 is 0. The number of amides is 5. The summed E-state index contributed by atoms with van der Waals surface area (Å²) in [4.78, 5) is 87.7. The van der Waals surface area contributed by atoms with Crippen molar-refractivity contribution in [1.82, 2.24) is 30.8 Å². The maximum Gasteiger partial charge on any atom is 0.490 e. The maximum absolute atomic E-state index is 14.4. The van der Waals surface area contributed by atoms with Crippen LogP contribution in [0.3, 0.4) is 0 Å². The molecule has 0 aromatic heterocycles. The Kier molecular flexibility index (Phi) is 23.5. The topological polar surface area (TPSA) is 196 Å². The highest BCUT2D eigenvalue weighted by Gasteiger charge is 2.45. The predicted molar refractivity (Wildman–Crippen MR) is 238 cm³/mol. The number of carbonyl (C=O) groups is 6. The van der Waals surface area contributed by atoms with Crippen molar-refractivity contribution in [3.8, 4) is 0 Å². The minimum absolute atomic E-state index is 0.0155. The number of halogens is 3. The molecule has 5 amide bonds. The zero-order valence-corrected chi connectivity index (χ0v) is 40.3. The number of nitrogens with zero attached hydrogens (tertiary/aromatic N) is 3. The average molecular weight is 929 g/mol. The molecule has 65 heavy (non-hydrogen) atoms. The molecule has 0 aliphatic carbocycles. The van der Waals surface area contributed by atoms with E-state index in [2.05, 4.69) is 29.8 Å². The van der Waals surface area contributed by atoms with Crippen LogP contribution >= 0.6 is 0 Å². The number of nitrogens with one attached hydrogen (secondary N) is 3. The molecule has 1 aromatic rings. The summed E-state index contributed by atoms with van der Waals surface area (Å²) in [5, 5.41) is 17.2. The Morgan fingerprint density at radius 1 is 0.877 bits per heavy atom. The summed E-state index contributed by atoms with van der Waals surface area (Å²) in [6.45, 7) is 17.0. The SMILES string of the molecule is CC[C@H](C)[C@@H]([C@@H](CC(=O)N1CCC[C@H]1[C@H](OC)[C@@H](C)C(=O)N[C@H](C(=O)N1CCCCO1)[C@@H](C)c1ccccc1)OC)N(C)[C@H](C(=O)NC(=O)[C@@H](NC)C(C)C)C(C)C.O=C(O)C(F)(F)F. The number of methoxy groups -OCH3 is 2. The fourth-order valence-electron chi connectivity index (χ4n) is 8.94. The van der Waals surface area contributed by atoms with E-state index in [1.165, 1.54) is 5.06 Å². The lowest BCUT2D eigenvalue weighted by Crippen LogP contribution is -2.60. The highest BCUT2D eigenvalue weighted by molar-refractivity contribution is 6.00. The van der Waals surface area contributed by atoms with Crippen LogP contribution in [-0.2, 0) is 43.1 Å². The van der Waals surface area contributed by atoms with E-state index in [-0.39, 0.29) is 65.8 Å². The molecule has 2 aliphatic heterocycles. The first kappa shape index (κ1) is 57.0. The third kappa shape index (κ3) is 16.0. The number of hydroxylamine groups is 2. The Balaban J connectivity index is 0.00000191. The number of likely N-dealkylation sites (tertiary alicyclic amines) is 1. The lowest BCUT2D eigenvalue weighted by molar-refractivity contribution is -0.200. The van der Waals surface area contributed by atoms with Crippen LogP contribution in [0.5, 0.6) is 0 Å². The Hall–Kier alpha value is -4.17. The second kappa shape index (κ2) is 26.8. The van der Waals surface area contributed by atoms with E-state index in [1.54, 1.807) is 28.2 Å². The van der Waals surface area contributed by atoms with Crippen LogP contribution in [0, 0.1) is 23.7 Å². The third-order valence-corrected chi connectivity index (χ3v) is 12.7. The van der Waals surface area contributed by atoms with Crippen molar-refractivity contribution < 1.29 is 61.4 Å². The van der Waals surface area contributed by atoms with E-state index < -0.39 is 54.3 Å². The van der Waals surface area contributed by atoms with E-state index in [9.17, 15) is 37.1 Å². The molecule has 0 saturated carbocycles. The number of carboxylic acid groups (broad SMARTS) is 1. The number of alkyl halides is 3. The highest BCUT2D eigenvalue weighted by atomic mass is 19.4. The van der Waals surface area contributed by atoms with E-state index >= 15 is 0 Å². The number of hydrogen-bond donors (Lipinski definition) is 4. The fourth-order valence-corrected chi connectivity index (χ4v) is 8.94. The molecule has 2 aliphatic rings. The number of imide groups is 1. The van der Waals surface area contributed by atoms with Gasteiger partial charge < -0.3 is 30.1 Å². The number of aliphatic carboxylic acids is 1. The van der Waals surface area contributed by atoms with Gasteiger partial charge >= 0.3 is 12.1 Å². The van der Waals surface area contributed by atoms with E-state index in [0.29, 0.717) is 26.1 Å². The monoisotopic (exact) mass is 929 g/mol. The van der Waals surface area contributed by atoms with Crippen LogP contribution in [-0.4, -0.2) is 152 Å². The van der Waals surface area contributed by atoms with E-state index in [1.807, 2.05) is 81.8 Å². The van der Waals surface area contributed by atoms with E-state index in [0.717, 1.165) is 31.2 Å². The Bertz CT molecular complexity index is 1680. The van der Waals surface area contributed by atoms with Gasteiger partial charge in [-0.25, -0.2) is 9.86 Å². The summed E-state index contributed by atoms with van der Waals surface area (Å²) in [7, 11) is 6.71. The van der Waals surface area contributed by atoms with Gasteiger partial charge in [0, 0.05) is 39.3 Å². The smallest absolute Gasteiger partial charge is 0.475 e. The molecule has 10 atom stereocenters. The largest absolute Gasteiger partial charge is 0.490 e. The molecular formula is C46H75F3N6O10. The van der Waals surface area contributed by atoms with Gasteiger partial charge in [-0.2, -0.15) is 13.2 Å². The first-order valence-electron chi connectivity index (χ1n) is 22.7. The first-order valence-corrected chi connectivity index (χ1v) is 22.7. The molecule has 1 aromatic carbocycles. The molecule has 370 valence electrons. The zero-order chi connectivity index (χ0) is 49.3. The average Bonchev–Trinajstić information content (AvgIpc) is 3.75. The maximum atomic E-state index is 14.4. The Morgan fingerprint density at radius 2 is 1.49 bits per heavy atom. The Labute approximate surface area is 383 Å². The molecule has 0 spiro atoms. The number of carboxylic acids is 1. The van der Waals surface area contributed by atoms with Crippen molar-refractivity contribution in [2.24, 2.45) is 23.7 Å². The van der Waals surface area contributed by atoms with Crippen LogP contribution in [0.4, 0.5) is 13.2 Å². The van der Waals surface area contributed by atoms with Crippen LogP contribution in [0.15, 0.2) is 30.3 Å². The van der Waals surface area contributed by atoms with E-state index in [4.69, 9.17) is 24.2 Å². The molecule has 0 radical (unpaired) electrons. The quantitative estimate of drug-likeness (QED) is 0.132. The zero-order valence-electron chi connectivity index (χ0n) is 40.3. The van der Waals surface area contributed by atoms with Gasteiger partial charge in [0.2, 0.25) is 23.6 Å². The number of benzene rings is 1. The van der Waals surface area contributed by atoms with Crippen LogP contribution in [0.25, 0.3) is 0 Å². The molecule has 2 heterocycles. The second-order valence-corrected chi connectivity index (χ2v) is 17.8. The van der Waals surface area contributed by atoms with Crippen molar-refractivity contribution >= 4 is 35.5 Å². The van der Waals surface area contributed by atoms with Crippen molar-refractivity contribution in [3.05, 3.63) is 35.9 Å². The number of ether oxygens (including phenoxy) is 2. The standard InChI is InChI=1S/C44H74N6O8.C2HF3O2/c1-13-29(6)39(48(10)38(28(4)5)43(54)47-42(53)36(45-9)27(2)3)34(56-11)26-35(51)49-23-19-22-33(49)40(57-12)31(8)41(52)46-37(30(7)32-20-15-14-16-21-32)44(55)50-24-17-18-25-58-50;3-2(4,5)1(6)7/h14-16,20-21,27-31,33-34,36-40,45H,13,17-19,22-26H2,1-12H3,(H,46,52)(H,47,53,54);(H,6,7)/t29-,30-,31+,33-,34+,36-,37-,38-,39-,40+;/m0./s1. The summed E-state index contributed by atoms with van der Waals surface area (Å²) in [5.41, 5.74) is 0.915. The van der Waals surface area contributed by atoms with Crippen LogP contribution in [0.2, 0.25) is 0 Å². The summed E-state index contributed by atoms with van der Waals surface area (Å²) < 4.78 is 43.9. The van der Waals surface area contributed by atoms with Crippen molar-refractivity contribution in [1.29, 1.82) is 0 Å². The second-order valence-electron chi connectivity index (χ2n) is 17.8. The molecule has 19 heteroatoms. The van der Waals surface area contributed by atoms with Crippen molar-refractivity contribution in [2.45, 2.75) is 148 Å². The van der Waals surface area contributed by atoms with Crippen LogP contribution < -0.4 is 16.0 Å². The van der Waals surface area contributed by atoms with Gasteiger partial charge in [0.25, 0.3) is 5.91 Å². The minimum atomic E-state index is -5.08. The molecule has 16 nitrogen and oxygen atoms in total. The van der Waals surface area contributed by atoms with Gasteiger partial charge in [-0.05, 0) is 63.1 Å². The van der Waals surface area contributed by atoms with Gasteiger partial charge in [-0.3, -0.25) is 39.0 Å².